The van der Waals surface area contributed by atoms with Gasteiger partial charge in [-0.1, -0.05) is 36.0 Å². The molecule has 6 nitrogen and oxygen atoms in total. The molecule has 2 aliphatic rings. The third-order valence-electron chi connectivity index (χ3n) is 6.03. The van der Waals surface area contributed by atoms with E-state index in [0.29, 0.717) is 28.0 Å². The van der Waals surface area contributed by atoms with Gasteiger partial charge in [-0.3, -0.25) is 19.3 Å². The summed E-state index contributed by atoms with van der Waals surface area (Å²) in [5.74, 6) is -0.599. The number of thioether (sulfide) groups is 1. The molecule has 174 valence electrons. The minimum Gasteiger partial charge on any atom is -0.341 e. The molecular weight excluding hydrogens is 481 g/mol. The van der Waals surface area contributed by atoms with Crippen LogP contribution >= 0.6 is 35.0 Å². The summed E-state index contributed by atoms with van der Waals surface area (Å²) in [5, 5.41) is 0.655. The van der Waals surface area contributed by atoms with Crippen molar-refractivity contribution in [3.63, 3.8) is 0 Å². The van der Waals surface area contributed by atoms with E-state index in [1.807, 2.05) is 30.5 Å². The number of halogens is 2. The largest absolute Gasteiger partial charge is 0.341 e. The van der Waals surface area contributed by atoms with Crippen LogP contribution in [-0.4, -0.2) is 51.1 Å². The van der Waals surface area contributed by atoms with Gasteiger partial charge in [0.05, 0.1) is 15.6 Å². The zero-order chi connectivity index (χ0) is 23.7. The normalized spacial score (nSPS) is 18.4. The Kier molecular flexibility index (Phi) is 7.22. The molecule has 2 aliphatic heterocycles. The van der Waals surface area contributed by atoms with Crippen LogP contribution in [0.1, 0.15) is 42.6 Å². The third kappa shape index (κ3) is 5.00. The average molecular weight is 506 g/mol. The fourth-order valence-corrected chi connectivity index (χ4v) is 5.62. The van der Waals surface area contributed by atoms with Gasteiger partial charge in [-0.25, -0.2) is 0 Å². The lowest BCUT2D eigenvalue weighted by molar-refractivity contribution is -0.135. The monoisotopic (exact) mass is 505 g/mol. The van der Waals surface area contributed by atoms with Gasteiger partial charge in [0, 0.05) is 29.5 Å². The molecule has 2 aromatic rings. The van der Waals surface area contributed by atoms with E-state index in [4.69, 9.17) is 23.2 Å². The highest BCUT2D eigenvalue weighted by Crippen LogP contribution is 2.35. The Balaban J connectivity index is 1.56. The Morgan fingerprint density at radius 3 is 2.42 bits per heavy atom. The Hall–Kier alpha value is -2.22. The highest BCUT2D eigenvalue weighted by atomic mass is 35.5. The maximum atomic E-state index is 13.0. The lowest BCUT2D eigenvalue weighted by Gasteiger charge is -2.22. The molecule has 1 aromatic carbocycles. The van der Waals surface area contributed by atoms with Crippen molar-refractivity contribution in [2.24, 2.45) is 0 Å². The van der Waals surface area contributed by atoms with Crippen LogP contribution in [0.2, 0.25) is 10.0 Å². The standard InChI is InChI=1S/C24H25Cl2N3O3S/c1-15-11-17(16(2)29(15)20-8-7-18(25)13-19(20)26)12-21-23(31)28(24(32)33-21)14-22(30)27-9-5-3-4-6-10-27/h7-8,11-13H,3-6,9-10,14H2,1-2H3. The fraction of sp³-hybridized carbons (Fsp3) is 0.375. The molecule has 2 saturated heterocycles. The number of benzene rings is 1. The number of hydrogen-bond acceptors (Lipinski definition) is 4. The van der Waals surface area contributed by atoms with Gasteiger partial charge < -0.3 is 9.47 Å². The van der Waals surface area contributed by atoms with Crippen molar-refractivity contribution in [2.45, 2.75) is 39.5 Å². The minimum absolute atomic E-state index is 0.170. The quantitative estimate of drug-likeness (QED) is 0.489. The molecule has 0 N–H and O–H groups in total. The first-order chi connectivity index (χ1) is 15.8. The number of aryl methyl sites for hydroxylation is 1. The molecule has 0 spiro atoms. The first kappa shape index (κ1) is 23.9. The molecule has 3 heterocycles. The Bertz CT molecular complexity index is 1150. The summed E-state index contributed by atoms with van der Waals surface area (Å²) in [6.45, 7) is 5.04. The van der Waals surface area contributed by atoms with Gasteiger partial charge in [0.15, 0.2) is 0 Å². The molecule has 3 amide bonds. The third-order valence-corrected chi connectivity index (χ3v) is 7.48. The van der Waals surface area contributed by atoms with Gasteiger partial charge in [-0.05, 0) is 74.4 Å². The second-order valence-corrected chi connectivity index (χ2v) is 10.2. The topological polar surface area (TPSA) is 62.6 Å². The lowest BCUT2D eigenvalue weighted by Crippen LogP contribution is -2.42. The molecule has 1 aromatic heterocycles. The van der Waals surface area contributed by atoms with Crippen LogP contribution in [0.15, 0.2) is 29.2 Å². The van der Waals surface area contributed by atoms with Crippen molar-refractivity contribution in [1.29, 1.82) is 0 Å². The molecule has 0 saturated carbocycles. The zero-order valence-corrected chi connectivity index (χ0v) is 20.9. The Morgan fingerprint density at radius 2 is 1.76 bits per heavy atom. The minimum atomic E-state index is -0.428. The summed E-state index contributed by atoms with van der Waals surface area (Å²) in [6.07, 6.45) is 5.84. The van der Waals surface area contributed by atoms with Gasteiger partial charge >= 0.3 is 0 Å². The van der Waals surface area contributed by atoms with E-state index < -0.39 is 11.1 Å². The second kappa shape index (κ2) is 9.95. The Labute approximate surface area is 207 Å². The van der Waals surface area contributed by atoms with Crippen molar-refractivity contribution >= 4 is 58.1 Å². The van der Waals surface area contributed by atoms with Crippen molar-refractivity contribution in [1.82, 2.24) is 14.4 Å². The molecule has 0 bridgehead atoms. The van der Waals surface area contributed by atoms with Gasteiger partial charge in [-0.15, -0.1) is 0 Å². The second-order valence-electron chi connectivity index (χ2n) is 8.32. The van der Waals surface area contributed by atoms with Gasteiger partial charge in [0.2, 0.25) is 5.91 Å². The molecule has 2 fully saturated rings. The van der Waals surface area contributed by atoms with Gasteiger partial charge in [-0.2, -0.15) is 0 Å². The molecule has 4 rings (SSSR count). The number of hydrogen-bond donors (Lipinski definition) is 0. The predicted molar refractivity (Wildman–Crippen MR) is 133 cm³/mol. The van der Waals surface area contributed by atoms with Crippen LogP contribution in [-0.2, 0) is 9.59 Å². The number of aromatic nitrogens is 1. The van der Waals surface area contributed by atoms with E-state index in [9.17, 15) is 14.4 Å². The Morgan fingerprint density at radius 1 is 1.06 bits per heavy atom. The maximum Gasteiger partial charge on any atom is 0.294 e. The number of carbonyl (C=O) groups is 3. The SMILES string of the molecule is Cc1cc(C=C2SC(=O)N(CC(=O)N3CCCCCC3)C2=O)c(C)n1-c1ccc(Cl)cc1Cl. The first-order valence-corrected chi connectivity index (χ1v) is 12.5. The smallest absolute Gasteiger partial charge is 0.294 e. The van der Waals surface area contributed by atoms with E-state index in [1.54, 1.807) is 23.1 Å². The molecular formula is C24H25Cl2N3O3S. The zero-order valence-electron chi connectivity index (χ0n) is 18.6. The molecule has 0 unspecified atom stereocenters. The highest BCUT2D eigenvalue weighted by Gasteiger charge is 2.37. The molecule has 9 heteroatoms. The van der Waals surface area contributed by atoms with E-state index in [2.05, 4.69) is 0 Å². The van der Waals surface area contributed by atoms with Gasteiger partial charge in [0.1, 0.15) is 6.54 Å². The van der Waals surface area contributed by atoms with Crippen LogP contribution in [0.3, 0.4) is 0 Å². The molecule has 0 radical (unpaired) electrons. The summed E-state index contributed by atoms with van der Waals surface area (Å²) in [5.41, 5.74) is 3.40. The summed E-state index contributed by atoms with van der Waals surface area (Å²) >= 11 is 13.3. The van der Waals surface area contributed by atoms with E-state index >= 15 is 0 Å². The van der Waals surface area contributed by atoms with E-state index in [-0.39, 0.29) is 12.5 Å². The van der Waals surface area contributed by atoms with Crippen molar-refractivity contribution in [3.8, 4) is 5.69 Å². The number of rotatable bonds is 4. The van der Waals surface area contributed by atoms with Crippen molar-refractivity contribution in [2.75, 3.05) is 19.6 Å². The summed E-state index contributed by atoms with van der Waals surface area (Å²) in [6, 6.07) is 7.24. The summed E-state index contributed by atoms with van der Waals surface area (Å²) in [7, 11) is 0. The van der Waals surface area contributed by atoms with Crippen LogP contribution < -0.4 is 0 Å². The number of likely N-dealkylation sites (tertiary alicyclic amines) is 1. The maximum absolute atomic E-state index is 13.0. The molecule has 0 atom stereocenters. The number of carbonyl (C=O) groups excluding carboxylic acids is 3. The molecule has 0 aliphatic carbocycles. The van der Waals surface area contributed by atoms with Crippen LogP contribution in [0, 0.1) is 13.8 Å². The van der Waals surface area contributed by atoms with Crippen molar-refractivity contribution in [3.05, 3.63) is 56.2 Å². The summed E-state index contributed by atoms with van der Waals surface area (Å²) in [4.78, 5) is 41.4. The number of amides is 3. The predicted octanol–water partition coefficient (Wildman–Crippen LogP) is 5.84. The van der Waals surface area contributed by atoms with Gasteiger partial charge in [0.25, 0.3) is 11.1 Å². The first-order valence-electron chi connectivity index (χ1n) is 10.9. The van der Waals surface area contributed by atoms with Crippen LogP contribution in [0.25, 0.3) is 11.8 Å². The van der Waals surface area contributed by atoms with E-state index in [0.717, 1.165) is 65.0 Å². The number of nitrogens with zero attached hydrogens (tertiary/aromatic N) is 3. The van der Waals surface area contributed by atoms with Crippen molar-refractivity contribution < 1.29 is 14.4 Å². The molecule has 33 heavy (non-hydrogen) atoms. The number of imide groups is 1. The average Bonchev–Trinajstić information content (AvgIpc) is 3.06. The van der Waals surface area contributed by atoms with Crippen LogP contribution in [0.5, 0.6) is 0 Å². The lowest BCUT2D eigenvalue weighted by atomic mass is 10.2. The summed E-state index contributed by atoms with van der Waals surface area (Å²) < 4.78 is 1.98. The van der Waals surface area contributed by atoms with E-state index in [1.165, 1.54) is 0 Å². The van der Waals surface area contributed by atoms with Crippen LogP contribution in [0.4, 0.5) is 4.79 Å². The fourth-order valence-electron chi connectivity index (χ4n) is 4.30. The highest BCUT2D eigenvalue weighted by molar-refractivity contribution is 8.18.